The monoisotopic (exact) mass is 1010 g/mol. The minimum Gasteiger partial charge on any atom is -0.508 e. The topological polar surface area (TPSA) is 343 Å². The van der Waals surface area contributed by atoms with Crippen LogP contribution in [0.1, 0.15) is 46.0 Å². The molecule has 1 fully saturated rings. The van der Waals surface area contributed by atoms with E-state index in [1.54, 1.807) is 6.92 Å². The lowest BCUT2D eigenvalue weighted by Crippen LogP contribution is -2.67. The van der Waals surface area contributed by atoms with Gasteiger partial charge in [-0.3, -0.25) is 38.6 Å². The van der Waals surface area contributed by atoms with Crippen LogP contribution < -0.4 is 11.5 Å². The summed E-state index contributed by atoms with van der Waals surface area (Å²) in [6, 6.07) is 2.78. The molecule has 1 saturated carbocycles. The number of aromatic hydroxyl groups is 3. The van der Waals surface area contributed by atoms with E-state index in [1.807, 2.05) is 0 Å². The molecule has 360 valence electrons. The summed E-state index contributed by atoms with van der Waals surface area (Å²) in [4.78, 5) is 80.1. The minimum absolute atomic E-state index is 0. The Morgan fingerprint density at radius 3 is 1.64 bits per heavy atom. The number of carbonyl (C=O) groups excluding carboxylic acids is 6. The lowest BCUT2D eigenvalue weighted by atomic mass is 9.54. The quantitative estimate of drug-likeness (QED) is 0.167. The number of phenols is 3. The first-order chi connectivity index (χ1) is 30.0. The van der Waals surface area contributed by atoms with Crippen LogP contribution in [-0.4, -0.2) is 142 Å². The number of fused-ring (bicyclic) bond motifs is 6. The van der Waals surface area contributed by atoms with Gasteiger partial charge in [-0.05, 0) is 90.3 Å². The van der Waals surface area contributed by atoms with Gasteiger partial charge in [0.2, 0.25) is 11.6 Å². The number of hydrogen-bond acceptors (Lipinski definition) is 17. The van der Waals surface area contributed by atoms with Gasteiger partial charge in [0.1, 0.15) is 45.7 Å². The van der Waals surface area contributed by atoms with Crippen molar-refractivity contribution in [3.05, 3.63) is 90.4 Å². The van der Waals surface area contributed by atoms with E-state index in [2.05, 4.69) is 0 Å². The van der Waals surface area contributed by atoms with Crippen molar-refractivity contribution in [1.82, 2.24) is 9.80 Å². The number of aliphatic hydroxyl groups is 6. The molecular weight excluding hydrogens is 966 g/mol. The molecule has 0 aliphatic heterocycles. The molecule has 0 heterocycles. The molecule has 0 radical (unpaired) electrons. The van der Waals surface area contributed by atoms with Crippen molar-refractivity contribution in [2.75, 3.05) is 28.2 Å². The van der Waals surface area contributed by atoms with Gasteiger partial charge < -0.3 is 57.4 Å². The fraction of sp³-hybridized carbons (Fsp3) is 0.364. The Bertz CT molecular complexity index is 2880. The van der Waals surface area contributed by atoms with E-state index < -0.39 is 127 Å². The number of amides is 2. The van der Waals surface area contributed by atoms with Crippen LogP contribution in [0.4, 0.5) is 0 Å². The summed E-state index contributed by atoms with van der Waals surface area (Å²) in [6.07, 6.45) is -0.367. The number of carbonyl (C=O) groups is 6. The molecule has 0 bridgehead atoms. The van der Waals surface area contributed by atoms with E-state index >= 15 is 0 Å². The van der Waals surface area contributed by atoms with Gasteiger partial charge in [-0.2, -0.15) is 0 Å². The van der Waals surface area contributed by atoms with E-state index in [-0.39, 0.29) is 75.5 Å². The highest BCUT2D eigenvalue weighted by molar-refractivity contribution is 6.37. The van der Waals surface area contributed by atoms with Crippen molar-refractivity contribution >= 4 is 99.5 Å². The highest BCUT2D eigenvalue weighted by Crippen LogP contribution is 2.59. The Kier molecular flexibility index (Phi) is 13.5. The molecule has 0 aromatic heterocycles. The molecule has 3 aromatic carbocycles. The van der Waals surface area contributed by atoms with Crippen LogP contribution in [0.5, 0.6) is 17.2 Å². The number of aliphatic hydroxyl groups excluding tert-OH is 3. The molecular formula is C44H46Cl4N4O15. The largest absolute Gasteiger partial charge is 0.508 e. The van der Waals surface area contributed by atoms with Crippen LogP contribution in [0.15, 0.2) is 52.5 Å². The molecule has 0 unspecified atom stereocenters. The van der Waals surface area contributed by atoms with Crippen molar-refractivity contribution in [3.8, 4) is 17.2 Å². The first-order valence-electron chi connectivity index (χ1n) is 19.8. The van der Waals surface area contributed by atoms with Gasteiger partial charge in [-0.25, -0.2) is 0 Å². The molecule has 5 aliphatic rings. The number of phenolic OH excluding ortho intramolecular Hbond substituents is 3. The number of primary amides is 2. The molecule has 2 amide bonds. The van der Waals surface area contributed by atoms with Crippen LogP contribution >= 0.6 is 48.0 Å². The maximum Gasteiger partial charge on any atom is 0.255 e. The summed E-state index contributed by atoms with van der Waals surface area (Å²) in [6.45, 7) is 2.98. The van der Waals surface area contributed by atoms with E-state index in [1.165, 1.54) is 69.2 Å². The highest BCUT2D eigenvalue weighted by Gasteiger charge is 2.67. The zero-order valence-corrected chi connectivity index (χ0v) is 39.4. The summed E-state index contributed by atoms with van der Waals surface area (Å²) in [7, 11) is 6.04. The van der Waals surface area contributed by atoms with Gasteiger partial charge in [0.05, 0.1) is 34.2 Å². The van der Waals surface area contributed by atoms with Crippen LogP contribution in [0, 0.1) is 24.7 Å². The van der Waals surface area contributed by atoms with Crippen molar-refractivity contribution in [2.24, 2.45) is 29.2 Å². The van der Waals surface area contributed by atoms with Crippen LogP contribution in [0.25, 0.3) is 16.5 Å². The van der Waals surface area contributed by atoms with Crippen molar-refractivity contribution in [1.29, 1.82) is 0 Å². The normalized spacial score (nSPS) is 28.7. The molecule has 3 aromatic rings. The van der Waals surface area contributed by atoms with Crippen molar-refractivity contribution in [2.45, 2.75) is 55.6 Å². The lowest BCUT2D eigenvalue weighted by molar-refractivity contribution is -0.159. The third-order valence-electron chi connectivity index (χ3n) is 13.6. The van der Waals surface area contributed by atoms with Crippen LogP contribution in [0.2, 0.25) is 10.0 Å². The predicted molar refractivity (Wildman–Crippen MR) is 244 cm³/mol. The van der Waals surface area contributed by atoms with Gasteiger partial charge in [-0.15, -0.1) is 24.8 Å². The summed E-state index contributed by atoms with van der Waals surface area (Å²) >= 11 is 12.6. The molecule has 19 nitrogen and oxygen atoms in total. The zero-order valence-electron chi connectivity index (χ0n) is 36.2. The van der Waals surface area contributed by atoms with E-state index in [4.69, 9.17) is 34.7 Å². The zero-order chi connectivity index (χ0) is 48.6. The number of aryl methyl sites for hydroxylation is 1. The number of hydrogen-bond donors (Lipinski definition) is 11. The third-order valence-corrected chi connectivity index (χ3v) is 14.3. The fourth-order valence-corrected chi connectivity index (χ4v) is 11.3. The van der Waals surface area contributed by atoms with Gasteiger partial charge in [0, 0.05) is 44.3 Å². The summed E-state index contributed by atoms with van der Waals surface area (Å²) in [5.41, 5.74) is 1.09. The number of halogens is 4. The molecule has 5 aliphatic carbocycles. The average Bonchev–Trinajstić information content (AvgIpc) is 3.20. The maximum atomic E-state index is 13.7. The minimum atomic E-state index is -2.78. The number of nitrogens with two attached hydrogens (primary N) is 2. The second-order valence-corrected chi connectivity index (χ2v) is 18.3. The SMILES string of the molecule is CN(C)[C@@H]1C(=O)C(C(N)=O)=C(O)[C@@]2(O)C(=O)C3=C(O)c4c(O)ccc(Cl)c4[C@@](C)(O)[C@H]3C[C@@H]12.Cc1c2c(c(O)c3c(O)ccc(Cl)c13)C(=O)[C@]1(O)C(O)=C(C(N)=O)C(=O)[C@@H](N(C)C)[C@@H]1C2.Cl.Cl. The molecule has 23 heteroatoms. The number of rotatable bonds is 4. The summed E-state index contributed by atoms with van der Waals surface area (Å²) < 4.78 is 0. The van der Waals surface area contributed by atoms with Gasteiger partial charge in [-0.1, -0.05) is 23.2 Å². The Labute approximate surface area is 403 Å². The number of Topliss-reactive ketones (excluding diaryl/α,β-unsaturated/α-hetero) is 4. The van der Waals surface area contributed by atoms with E-state index in [9.17, 15) is 74.7 Å². The van der Waals surface area contributed by atoms with Crippen molar-refractivity contribution < 1.29 is 74.7 Å². The van der Waals surface area contributed by atoms with Crippen LogP contribution in [0.3, 0.4) is 0 Å². The Morgan fingerprint density at radius 1 is 0.687 bits per heavy atom. The summed E-state index contributed by atoms with van der Waals surface area (Å²) in [5.74, 6) is -14.8. The molecule has 13 N–H and O–H groups in total. The third kappa shape index (κ3) is 6.96. The predicted octanol–water partition coefficient (Wildman–Crippen LogP) is 2.24. The Hall–Kier alpha value is -5.48. The molecule has 8 rings (SSSR count). The van der Waals surface area contributed by atoms with Crippen LogP contribution in [-0.2, 0) is 36.0 Å². The smallest absolute Gasteiger partial charge is 0.255 e. The van der Waals surface area contributed by atoms with E-state index in [0.717, 1.165) is 0 Å². The lowest BCUT2D eigenvalue weighted by Gasteiger charge is -2.53. The highest BCUT2D eigenvalue weighted by atomic mass is 35.5. The first kappa shape index (κ1) is 52.5. The second-order valence-electron chi connectivity index (χ2n) is 17.5. The van der Waals surface area contributed by atoms with Gasteiger partial charge >= 0.3 is 0 Å². The van der Waals surface area contributed by atoms with Crippen molar-refractivity contribution in [3.63, 3.8) is 0 Å². The summed E-state index contributed by atoms with van der Waals surface area (Å²) in [5, 5.41) is 99.2. The average molecular weight is 1010 g/mol. The standard InChI is InChI=1S/C22H23ClN2O8.C22H21ClN2O7.2ClH/c1-21(32)7-6-8-15(25(2)3)17(28)13(20(24)31)19(30)22(8,33)18(29)11(7)16(27)12-10(26)5-4-9(23)14(12)21;1-7-8-6-9-16(25(2)3)18(28)15(21(24)31)20(30)22(9,32)19(29)13(8)17(27)14-11(26)5-4-10(23)12(7)14;;/h4-5,7-8,15,26-27,30,32-33H,6H2,1-3H3,(H2,24,31);4-5,9,16,26-27,30,32H,6H2,1-3H3,(H2,24,31);2*1H/t7-,8-,15-,21-,22-;9-,16-,22-;;/m00../s1. The number of benzene rings is 3. The van der Waals surface area contributed by atoms with E-state index in [0.29, 0.717) is 16.5 Å². The Balaban J connectivity index is 0.000000244. The number of likely N-dealkylation sites (N-methyl/N-ethyl adjacent to an activating group) is 2. The van der Waals surface area contributed by atoms with Gasteiger partial charge in [0.25, 0.3) is 11.8 Å². The number of ketones is 4. The Morgan fingerprint density at radius 2 is 1.15 bits per heavy atom. The second kappa shape index (κ2) is 17.2. The molecule has 8 atom stereocenters. The van der Waals surface area contributed by atoms with Gasteiger partial charge in [0.15, 0.2) is 22.8 Å². The number of nitrogens with zero attached hydrogens (tertiary/aromatic N) is 2. The maximum absolute atomic E-state index is 13.7. The molecule has 0 spiro atoms. The molecule has 0 saturated heterocycles. The molecule has 67 heavy (non-hydrogen) atoms. The first-order valence-corrected chi connectivity index (χ1v) is 20.6. The fourth-order valence-electron chi connectivity index (χ4n) is 10.7.